The Morgan fingerprint density at radius 1 is 1.22 bits per heavy atom. The number of para-hydroxylation sites is 1. The summed E-state index contributed by atoms with van der Waals surface area (Å²) in [5.74, 6) is -0.923. The first kappa shape index (κ1) is 12.7. The molecule has 0 radical (unpaired) electrons. The Kier molecular flexibility index (Phi) is 2.58. The number of sulfone groups is 1. The molecule has 98 valence electrons. The lowest BCUT2D eigenvalue weighted by Gasteiger charge is -2.07. The number of hydrogen-bond donors (Lipinski definition) is 1. The molecular weight excluding hydrogens is 271 g/mol. The van der Waals surface area contributed by atoms with Crippen LogP contribution >= 0.6 is 0 Å². The molecule has 1 aromatic carbocycles. The van der Waals surface area contributed by atoms with Crippen LogP contribution in [0.4, 0.5) is 13.2 Å². The van der Waals surface area contributed by atoms with Gasteiger partial charge in [0.2, 0.25) is 5.88 Å². The van der Waals surface area contributed by atoms with Gasteiger partial charge in [0.15, 0.2) is 0 Å². The first-order valence-electron chi connectivity index (χ1n) is 4.75. The van der Waals surface area contributed by atoms with Gasteiger partial charge in [0.25, 0.3) is 9.84 Å². The van der Waals surface area contributed by atoms with E-state index in [9.17, 15) is 26.7 Å². The maximum absolute atomic E-state index is 12.5. The molecule has 1 aromatic heterocycles. The van der Waals surface area contributed by atoms with Gasteiger partial charge in [0.1, 0.15) is 4.90 Å². The van der Waals surface area contributed by atoms with Crippen LogP contribution in [-0.2, 0) is 16.9 Å². The van der Waals surface area contributed by atoms with Crippen LogP contribution in [0.2, 0.25) is 0 Å². The second-order valence-corrected chi connectivity index (χ2v) is 5.56. The molecule has 0 aliphatic carbocycles. The van der Waals surface area contributed by atoms with Crippen LogP contribution < -0.4 is 0 Å². The minimum atomic E-state index is -5.58. The number of benzene rings is 1. The molecule has 0 unspecified atom stereocenters. The summed E-state index contributed by atoms with van der Waals surface area (Å²) in [6, 6.07) is 5.57. The number of hydrogen-bond acceptors (Lipinski definition) is 3. The van der Waals surface area contributed by atoms with Gasteiger partial charge in [-0.15, -0.1) is 0 Å². The van der Waals surface area contributed by atoms with Crippen molar-refractivity contribution in [1.82, 2.24) is 4.57 Å². The van der Waals surface area contributed by atoms with Crippen LogP contribution in [0, 0.1) is 0 Å². The first-order chi connectivity index (χ1) is 8.18. The fourth-order valence-electron chi connectivity index (χ4n) is 1.73. The maximum atomic E-state index is 12.5. The van der Waals surface area contributed by atoms with Crippen LogP contribution in [0.5, 0.6) is 5.88 Å². The van der Waals surface area contributed by atoms with Crippen LogP contribution in [0.1, 0.15) is 0 Å². The lowest BCUT2D eigenvalue weighted by Crippen LogP contribution is -2.23. The molecule has 0 saturated carbocycles. The van der Waals surface area contributed by atoms with Crippen molar-refractivity contribution >= 4 is 20.7 Å². The van der Waals surface area contributed by atoms with Gasteiger partial charge in [-0.1, -0.05) is 18.2 Å². The van der Waals surface area contributed by atoms with Crippen LogP contribution in [0.3, 0.4) is 0 Å². The van der Waals surface area contributed by atoms with Crippen molar-refractivity contribution in [2.75, 3.05) is 0 Å². The van der Waals surface area contributed by atoms with Crippen molar-refractivity contribution in [2.45, 2.75) is 10.4 Å². The third kappa shape index (κ3) is 1.56. The number of alkyl halides is 3. The van der Waals surface area contributed by atoms with Crippen molar-refractivity contribution in [2.24, 2.45) is 7.05 Å². The van der Waals surface area contributed by atoms with Gasteiger partial charge in [-0.25, -0.2) is 8.42 Å². The molecule has 2 aromatic rings. The molecule has 4 nitrogen and oxygen atoms in total. The summed E-state index contributed by atoms with van der Waals surface area (Å²) in [5, 5.41) is 9.45. The number of halogens is 3. The Hall–Kier alpha value is -1.70. The lowest BCUT2D eigenvalue weighted by molar-refractivity contribution is -0.0436. The largest absolute Gasteiger partial charge is 0.502 e. The Labute approximate surface area is 100 Å². The first-order valence-corrected chi connectivity index (χ1v) is 6.24. The van der Waals surface area contributed by atoms with Gasteiger partial charge >= 0.3 is 5.51 Å². The highest BCUT2D eigenvalue weighted by atomic mass is 32.2. The van der Waals surface area contributed by atoms with Crippen molar-refractivity contribution in [1.29, 1.82) is 0 Å². The van der Waals surface area contributed by atoms with E-state index in [4.69, 9.17) is 0 Å². The number of nitrogens with zero attached hydrogens (tertiary/aromatic N) is 1. The number of fused-ring (bicyclic) bond motifs is 1. The highest BCUT2D eigenvalue weighted by molar-refractivity contribution is 7.92. The predicted molar refractivity (Wildman–Crippen MR) is 57.8 cm³/mol. The number of aryl methyl sites for hydroxylation is 1. The van der Waals surface area contributed by atoms with E-state index in [1.165, 1.54) is 31.3 Å². The van der Waals surface area contributed by atoms with Gasteiger partial charge < -0.3 is 9.67 Å². The monoisotopic (exact) mass is 279 g/mol. The smallest absolute Gasteiger partial charge is 0.493 e. The average molecular weight is 279 g/mol. The highest BCUT2D eigenvalue weighted by Crippen LogP contribution is 2.40. The summed E-state index contributed by atoms with van der Waals surface area (Å²) in [7, 11) is -4.30. The summed E-state index contributed by atoms with van der Waals surface area (Å²) in [5.41, 5.74) is -5.24. The summed E-state index contributed by atoms with van der Waals surface area (Å²) in [6.45, 7) is 0. The molecule has 0 fully saturated rings. The molecule has 0 bridgehead atoms. The number of rotatable bonds is 1. The SMILES string of the molecule is Cn1c(O)c(S(=O)(=O)C(F)(F)F)c2ccccc21. The lowest BCUT2D eigenvalue weighted by atomic mass is 10.2. The molecule has 18 heavy (non-hydrogen) atoms. The highest BCUT2D eigenvalue weighted by Gasteiger charge is 2.50. The fraction of sp³-hybridized carbons (Fsp3) is 0.200. The van der Waals surface area contributed by atoms with Gasteiger partial charge in [-0.05, 0) is 6.07 Å². The topological polar surface area (TPSA) is 59.3 Å². The van der Waals surface area contributed by atoms with Gasteiger partial charge in [0.05, 0.1) is 5.52 Å². The molecule has 8 heteroatoms. The summed E-state index contributed by atoms with van der Waals surface area (Å²) < 4.78 is 61.4. The zero-order valence-electron chi connectivity index (χ0n) is 9.06. The molecule has 0 aliphatic rings. The number of aromatic nitrogens is 1. The van der Waals surface area contributed by atoms with Gasteiger partial charge in [0, 0.05) is 12.4 Å². The standard InChI is InChI=1S/C10H8F3NO3S/c1-14-7-5-3-2-4-6(7)8(9(14)15)18(16,17)10(11,12)13/h2-5,15H,1H3. The summed E-state index contributed by atoms with van der Waals surface area (Å²) in [4.78, 5) is -1.10. The van der Waals surface area contributed by atoms with E-state index in [2.05, 4.69) is 0 Å². The van der Waals surface area contributed by atoms with Crippen LogP contribution in [-0.4, -0.2) is 23.6 Å². The van der Waals surface area contributed by atoms with Crippen molar-refractivity contribution in [3.05, 3.63) is 24.3 Å². The second kappa shape index (κ2) is 3.64. The van der Waals surface area contributed by atoms with E-state index < -0.39 is 26.1 Å². The second-order valence-electron chi connectivity index (χ2n) is 3.68. The fourth-order valence-corrected chi connectivity index (χ4v) is 2.80. The Morgan fingerprint density at radius 2 is 1.78 bits per heavy atom. The van der Waals surface area contributed by atoms with Crippen molar-refractivity contribution in [3.63, 3.8) is 0 Å². The number of aromatic hydroxyl groups is 1. The minimum absolute atomic E-state index is 0.158. The van der Waals surface area contributed by atoms with E-state index >= 15 is 0 Å². The molecule has 2 rings (SSSR count). The molecule has 0 saturated heterocycles. The van der Waals surface area contributed by atoms with E-state index in [-0.39, 0.29) is 10.9 Å². The Balaban J connectivity index is 2.94. The predicted octanol–water partition coefficient (Wildman–Crippen LogP) is 2.18. The zero-order valence-corrected chi connectivity index (χ0v) is 9.88. The summed E-state index contributed by atoms with van der Waals surface area (Å²) >= 11 is 0. The zero-order chi connectivity index (χ0) is 13.7. The molecule has 0 amide bonds. The van der Waals surface area contributed by atoms with Crippen LogP contribution in [0.25, 0.3) is 10.9 Å². The van der Waals surface area contributed by atoms with Gasteiger partial charge in [-0.2, -0.15) is 13.2 Å². The molecule has 0 spiro atoms. The van der Waals surface area contributed by atoms with E-state index in [0.29, 0.717) is 0 Å². The third-order valence-electron chi connectivity index (χ3n) is 2.60. The molecular formula is C10H8F3NO3S. The van der Waals surface area contributed by atoms with Crippen LogP contribution in [0.15, 0.2) is 29.2 Å². The molecule has 0 aliphatic heterocycles. The average Bonchev–Trinajstić information content (AvgIpc) is 2.51. The van der Waals surface area contributed by atoms with E-state index in [0.717, 1.165) is 4.57 Å². The third-order valence-corrected chi connectivity index (χ3v) is 4.15. The van der Waals surface area contributed by atoms with E-state index in [1.807, 2.05) is 0 Å². The normalized spacial score (nSPS) is 13.1. The maximum Gasteiger partial charge on any atom is 0.502 e. The quantitative estimate of drug-likeness (QED) is 0.870. The molecule has 0 atom stereocenters. The molecule has 1 N–H and O–H groups in total. The Morgan fingerprint density at radius 3 is 2.33 bits per heavy atom. The van der Waals surface area contributed by atoms with Gasteiger partial charge in [-0.3, -0.25) is 0 Å². The summed E-state index contributed by atoms with van der Waals surface area (Å²) in [6.07, 6.45) is 0. The Bertz CT molecular complexity index is 716. The molecule has 1 heterocycles. The van der Waals surface area contributed by atoms with Crippen molar-refractivity contribution < 1.29 is 26.7 Å². The van der Waals surface area contributed by atoms with E-state index in [1.54, 1.807) is 0 Å². The van der Waals surface area contributed by atoms with Crippen molar-refractivity contribution in [3.8, 4) is 5.88 Å². The minimum Gasteiger partial charge on any atom is -0.493 e.